The second kappa shape index (κ2) is 14.6. The molecular weight excluding hydrogens is 462 g/mol. The van der Waals surface area contributed by atoms with Crippen LogP contribution >= 0.6 is 0 Å². The number of imide groups is 1. The zero-order valence-electron chi connectivity index (χ0n) is 19.9. The Bertz CT molecular complexity index is 911. The molecule has 0 radical (unpaired) electrons. The number of nitrogens with one attached hydrogen (secondary N) is 1. The number of nitrogens with zero attached hydrogens (tertiary/aromatic N) is 4. The Kier molecular flexibility index (Phi) is 11.6. The Labute approximate surface area is 203 Å². The summed E-state index contributed by atoms with van der Waals surface area (Å²) in [5, 5.41) is 10.4. The first-order chi connectivity index (χ1) is 16.8. The SMILES string of the molecule is C=C(C)C(C)C(=O)OCCOCCn1cc(CNC(=O)OCCOCCN2C(=O)C=CC2=O)nn1. The molecule has 0 aromatic carbocycles. The molecule has 3 amide bonds. The van der Waals surface area contributed by atoms with E-state index >= 15 is 0 Å². The minimum atomic E-state index is -0.643. The minimum Gasteiger partial charge on any atom is -0.463 e. The summed E-state index contributed by atoms with van der Waals surface area (Å²) in [7, 11) is 0. The van der Waals surface area contributed by atoms with Gasteiger partial charge in [-0.3, -0.25) is 19.3 Å². The van der Waals surface area contributed by atoms with Gasteiger partial charge in [0.15, 0.2) is 0 Å². The highest BCUT2D eigenvalue weighted by Crippen LogP contribution is 2.08. The Balaban J connectivity index is 1.47. The van der Waals surface area contributed by atoms with Gasteiger partial charge in [0, 0.05) is 12.2 Å². The Morgan fingerprint density at radius 1 is 1.00 bits per heavy atom. The quantitative estimate of drug-likeness (QED) is 0.146. The van der Waals surface area contributed by atoms with Crippen LogP contribution in [0.1, 0.15) is 19.5 Å². The number of aromatic nitrogens is 3. The maximum Gasteiger partial charge on any atom is 0.407 e. The van der Waals surface area contributed by atoms with E-state index in [1.54, 1.807) is 24.7 Å². The van der Waals surface area contributed by atoms with Gasteiger partial charge in [-0.1, -0.05) is 17.4 Å². The first-order valence-electron chi connectivity index (χ1n) is 11.1. The van der Waals surface area contributed by atoms with Crippen molar-refractivity contribution < 1.29 is 38.1 Å². The van der Waals surface area contributed by atoms with E-state index < -0.39 is 6.09 Å². The summed E-state index contributed by atoms with van der Waals surface area (Å²) in [6.45, 7) is 9.00. The van der Waals surface area contributed by atoms with Crippen molar-refractivity contribution in [1.29, 1.82) is 0 Å². The molecule has 0 spiro atoms. The van der Waals surface area contributed by atoms with Gasteiger partial charge < -0.3 is 24.3 Å². The zero-order valence-corrected chi connectivity index (χ0v) is 19.9. The molecule has 13 nitrogen and oxygen atoms in total. The van der Waals surface area contributed by atoms with Crippen molar-refractivity contribution in [2.75, 3.05) is 46.2 Å². The highest BCUT2D eigenvalue weighted by molar-refractivity contribution is 6.12. The molecule has 0 saturated carbocycles. The van der Waals surface area contributed by atoms with Crippen LogP contribution in [0.2, 0.25) is 0 Å². The minimum absolute atomic E-state index is 0.0113. The van der Waals surface area contributed by atoms with Gasteiger partial charge in [-0.25, -0.2) is 9.48 Å². The van der Waals surface area contributed by atoms with Gasteiger partial charge in [0.2, 0.25) is 0 Å². The smallest absolute Gasteiger partial charge is 0.407 e. The summed E-state index contributed by atoms with van der Waals surface area (Å²) in [6, 6.07) is 0. The van der Waals surface area contributed by atoms with Crippen LogP contribution in [0.5, 0.6) is 0 Å². The lowest BCUT2D eigenvalue weighted by Crippen LogP contribution is -2.33. The number of esters is 1. The first kappa shape index (κ1) is 27.7. The van der Waals surface area contributed by atoms with Crippen molar-refractivity contribution in [2.24, 2.45) is 5.92 Å². The van der Waals surface area contributed by atoms with Crippen LogP contribution < -0.4 is 5.32 Å². The molecule has 13 heteroatoms. The Hall–Kier alpha value is -3.58. The van der Waals surface area contributed by atoms with E-state index in [1.807, 2.05) is 0 Å². The molecule has 1 N–H and O–H groups in total. The fourth-order valence-corrected chi connectivity index (χ4v) is 2.63. The molecular formula is C22H31N5O8. The summed E-state index contributed by atoms with van der Waals surface area (Å²) in [5.41, 5.74) is 1.28. The fourth-order valence-electron chi connectivity index (χ4n) is 2.63. The molecule has 2 rings (SSSR count). The third-order valence-electron chi connectivity index (χ3n) is 4.85. The molecule has 0 aliphatic carbocycles. The average Bonchev–Trinajstić information content (AvgIpc) is 3.42. The maximum absolute atomic E-state index is 11.7. The van der Waals surface area contributed by atoms with Crippen LogP contribution in [-0.2, 0) is 46.4 Å². The summed E-state index contributed by atoms with van der Waals surface area (Å²) in [4.78, 5) is 47.3. The topological polar surface area (TPSA) is 151 Å². The second-order valence-corrected chi connectivity index (χ2v) is 7.58. The van der Waals surface area contributed by atoms with Crippen molar-refractivity contribution in [1.82, 2.24) is 25.2 Å². The van der Waals surface area contributed by atoms with Crippen LogP contribution in [0.4, 0.5) is 4.79 Å². The van der Waals surface area contributed by atoms with Crippen molar-refractivity contribution in [3.8, 4) is 0 Å². The molecule has 1 unspecified atom stereocenters. The Morgan fingerprint density at radius 3 is 2.29 bits per heavy atom. The second-order valence-electron chi connectivity index (χ2n) is 7.58. The van der Waals surface area contributed by atoms with Crippen molar-refractivity contribution in [3.05, 3.63) is 36.2 Å². The monoisotopic (exact) mass is 493 g/mol. The Morgan fingerprint density at radius 2 is 1.63 bits per heavy atom. The van der Waals surface area contributed by atoms with E-state index in [1.165, 1.54) is 12.2 Å². The number of rotatable bonds is 16. The normalized spacial score (nSPS) is 13.7. The van der Waals surface area contributed by atoms with Crippen molar-refractivity contribution in [2.45, 2.75) is 26.9 Å². The highest BCUT2D eigenvalue weighted by Gasteiger charge is 2.22. The van der Waals surface area contributed by atoms with Gasteiger partial charge in [0.1, 0.15) is 18.9 Å². The van der Waals surface area contributed by atoms with E-state index in [-0.39, 0.29) is 69.8 Å². The number of ether oxygens (including phenoxy) is 4. The van der Waals surface area contributed by atoms with Crippen LogP contribution in [0.3, 0.4) is 0 Å². The molecule has 1 aliphatic heterocycles. The number of hydrogen-bond acceptors (Lipinski definition) is 10. The van der Waals surface area contributed by atoms with E-state index in [0.717, 1.165) is 10.5 Å². The maximum atomic E-state index is 11.7. The third kappa shape index (κ3) is 10.1. The predicted octanol–water partition coefficient (Wildman–Crippen LogP) is 0.218. The lowest BCUT2D eigenvalue weighted by molar-refractivity contribution is -0.148. The van der Waals surface area contributed by atoms with E-state index in [4.69, 9.17) is 18.9 Å². The van der Waals surface area contributed by atoms with E-state index in [2.05, 4.69) is 22.2 Å². The van der Waals surface area contributed by atoms with Crippen LogP contribution in [0.15, 0.2) is 30.5 Å². The van der Waals surface area contributed by atoms with Crippen LogP contribution in [0, 0.1) is 5.92 Å². The standard InChI is InChI=1S/C22H31N5O8/c1-16(2)17(3)21(30)34-12-10-32-8-6-26-15-18(24-25-26)14-23-22(31)35-13-11-33-9-7-27-19(28)4-5-20(27)29/h4-5,15,17H,1,6-14H2,2-3H3,(H,23,31). The number of carbonyl (C=O) groups excluding carboxylic acids is 4. The molecule has 0 saturated heterocycles. The van der Waals surface area contributed by atoms with Gasteiger partial charge >= 0.3 is 12.1 Å². The first-order valence-corrected chi connectivity index (χ1v) is 11.1. The van der Waals surface area contributed by atoms with Crippen LogP contribution in [0.25, 0.3) is 0 Å². The van der Waals surface area contributed by atoms with Crippen molar-refractivity contribution >= 4 is 23.9 Å². The number of hydrogen-bond donors (Lipinski definition) is 1. The molecule has 1 atom stereocenters. The van der Waals surface area contributed by atoms with E-state index in [0.29, 0.717) is 18.8 Å². The molecule has 35 heavy (non-hydrogen) atoms. The van der Waals surface area contributed by atoms with Gasteiger partial charge in [0.25, 0.3) is 11.8 Å². The molecule has 192 valence electrons. The largest absolute Gasteiger partial charge is 0.463 e. The molecule has 0 bridgehead atoms. The third-order valence-corrected chi connectivity index (χ3v) is 4.85. The molecule has 1 aliphatic rings. The highest BCUT2D eigenvalue weighted by atomic mass is 16.6. The molecule has 1 aromatic rings. The zero-order chi connectivity index (χ0) is 25.6. The molecule has 1 aromatic heterocycles. The lowest BCUT2D eigenvalue weighted by atomic mass is 10.1. The summed E-state index contributed by atoms with van der Waals surface area (Å²) in [5.74, 6) is -1.41. The molecule has 2 heterocycles. The molecule has 0 fully saturated rings. The van der Waals surface area contributed by atoms with Gasteiger partial charge in [-0.15, -0.1) is 5.10 Å². The van der Waals surface area contributed by atoms with Crippen LogP contribution in [-0.4, -0.2) is 90.0 Å². The number of carbonyl (C=O) groups is 4. The van der Waals surface area contributed by atoms with Gasteiger partial charge in [-0.05, 0) is 13.8 Å². The van der Waals surface area contributed by atoms with Gasteiger partial charge in [0.05, 0.1) is 58.2 Å². The fraction of sp³-hybridized carbons (Fsp3) is 0.545. The summed E-state index contributed by atoms with van der Waals surface area (Å²) >= 11 is 0. The summed E-state index contributed by atoms with van der Waals surface area (Å²) < 4.78 is 22.3. The van der Waals surface area contributed by atoms with Crippen molar-refractivity contribution in [3.63, 3.8) is 0 Å². The number of amides is 3. The lowest BCUT2D eigenvalue weighted by Gasteiger charge is -2.13. The summed E-state index contributed by atoms with van der Waals surface area (Å²) in [6.07, 6.45) is 3.43. The average molecular weight is 494 g/mol. The number of alkyl carbamates (subject to hydrolysis) is 1. The van der Waals surface area contributed by atoms with Gasteiger partial charge in [-0.2, -0.15) is 0 Å². The predicted molar refractivity (Wildman–Crippen MR) is 121 cm³/mol. The van der Waals surface area contributed by atoms with E-state index in [9.17, 15) is 19.2 Å².